The van der Waals surface area contributed by atoms with Gasteiger partial charge in [0.05, 0.1) is 11.3 Å². The molecule has 4 heteroatoms. The molecule has 0 unspecified atom stereocenters. The van der Waals surface area contributed by atoms with E-state index in [4.69, 9.17) is 0 Å². The number of thiol groups is 1. The van der Waals surface area contributed by atoms with Crippen LogP contribution in [0.4, 0.5) is 5.69 Å². The average molecular weight is 182 g/mol. The number of hydrogen-bond donors (Lipinski definition) is 3. The molecule has 1 amide bonds. The van der Waals surface area contributed by atoms with Crippen molar-refractivity contribution in [3.8, 4) is 0 Å². The summed E-state index contributed by atoms with van der Waals surface area (Å²) >= 11 is 3.88. The zero-order valence-corrected chi connectivity index (χ0v) is 7.56. The lowest BCUT2D eigenvalue weighted by Gasteiger charge is -2.05. The Morgan fingerprint density at radius 2 is 2.08 bits per heavy atom. The Morgan fingerprint density at radius 3 is 2.67 bits per heavy atom. The number of benzene rings is 1. The highest BCUT2D eigenvalue weighted by molar-refractivity contribution is 7.81. The first-order chi connectivity index (χ1) is 5.79. The zero-order chi connectivity index (χ0) is 8.97. The molecule has 0 aliphatic rings. The number of rotatable bonds is 2. The molecular formula is C8H10N2OS. The van der Waals surface area contributed by atoms with Crippen LogP contribution in [0.2, 0.25) is 0 Å². The van der Waals surface area contributed by atoms with Crippen molar-refractivity contribution in [2.45, 2.75) is 0 Å². The Morgan fingerprint density at radius 1 is 1.42 bits per heavy atom. The first kappa shape index (κ1) is 8.93. The van der Waals surface area contributed by atoms with Gasteiger partial charge >= 0.3 is 0 Å². The first-order valence-electron chi connectivity index (χ1n) is 3.51. The van der Waals surface area contributed by atoms with E-state index in [1.54, 1.807) is 25.2 Å². The molecule has 2 N–H and O–H groups in total. The van der Waals surface area contributed by atoms with Crippen LogP contribution >= 0.6 is 12.8 Å². The summed E-state index contributed by atoms with van der Waals surface area (Å²) in [6, 6.07) is 7.17. The molecule has 0 spiro atoms. The van der Waals surface area contributed by atoms with Crippen molar-refractivity contribution in [2.75, 3.05) is 11.8 Å². The average Bonchev–Trinajstić information content (AvgIpc) is 2.16. The van der Waals surface area contributed by atoms with E-state index in [1.165, 1.54) is 0 Å². The Balaban J connectivity index is 3.04. The van der Waals surface area contributed by atoms with Gasteiger partial charge in [-0.1, -0.05) is 24.9 Å². The standard InChI is InChI=1S/C8H10N2OS/c1-9-8(11)6-4-2-3-5-7(6)10-12/h2-5,10,12H,1H3,(H,9,11). The summed E-state index contributed by atoms with van der Waals surface area (Å²) in [6.07, 6.45) is 0. The van der Waals surface area contributed by atoms with E-state index in [0.29, 0.717) is 11.3 Å². The second-order valence-corrected chi connectivity index (χ2v) is 2.46. The molecule has 0 aliphatic heterocycles. The Kier molecular flexibility index (Phi) is 2.99. The number of amides is 1. The second-order valence-electron chi connectivity index (χ2n) is 2.24. The van der Waals surface area contributed by atoms with Gasteiger partial charge in [-0.05, 0) is 12.1 Å². The lowest BCUT2D eigenvalue weighted by atomic mass is 10.2. The summed E-state index contributed by atoms with van der Waals surface area (Å²) in [5.41, 5.74) is 1.30. The Bertz CT molecular complexity index is 288. The van der Waals surface area contributed by atoms with Gasteiger partial charge < -0.3 is 10.0 Å². The SMILES string of the molecule is CNC(=O)c1ccccc1NS. The molecule has 0 heterocycles. The van der Waals surface area contributed by atoms with Crippen LogP contribution in [0.15, 0.2) is 24.3 Å². The fraction of sp³-hybridized carbons (Fsp3) is 0.125. The van der Waals surface area contributed by atoms with E-state index in [1.807, 2.05) is 6.07 Å². The topological polar surface area (TPSA) is 41.1 Å². The van der Waals surface area contributed by atoms with Gasteiger partial charge in [0, 0.05) is 7.05 Å². The third-order valence-electron chi connectivity index (χ3n) is 1.52. The van der Waals surface area contributed by atoms with Gasteiger partial charge in [-0.2, -0.15) is 0 Å². The van der Waals surface area contributed by atoms with Gasteiger partial charge in [-0.3, -0.25) is 4.79 Å². The van der Waals surface area contributed by atoms with E-state index in [0.717, 1.165) is 0 Å². The van der Waals surface area contributed by atoms with Crippen LogP contribution in [0.3, 0.4) is 0 Å². The number of hydrogen-bond acceptors (Lipinski definition) is 3. The number of para-hydroxylation sites is 1. The molecule has 0 saturated carbocycles. The monoisotopic (exact) mass is 182 g/mol. The van der Waals surface area contributed by atoms with Gasteiger partial charge in [-0.15, -0.1) is 0 Å². The predicted octanol–water partition coefficient (Wildman–Crippen LogP) is 1.30. The maximum absolute atomic E-state index is 11.2. The largest absolute Gasteiger partial charge is 0.355 e. The summed E-state index contributed by atoms with van der Waals surface area (Å²) < 4.78 is 2.64. The third kappa shape index (κ3) is 1.71. The lowest BCUT2D eigenvalue weighted by Crippen LogP contribution is -2.18. The molecule has 1 rings (SSSR count). The van der Waals surface area contributed by atoms with Crippen molar-refractivity contribution in [1.82, 2.24) is 5.32 Å². The highest BCUT2D eigenvalue weighted by Gasteiger charge is 2.06. The van der Waals surface area contributed by atoms with E-state index in [9.17, 15) is 4.79 Å². The Hall–Kier alpha value is -1.16. The summed E-state index contributed by atoms with van der Waals surface area (Å²) in [6.45, 7) is 0. The predicted molar refractivity (Wildman–Crippen MR) is 52.4 cm³/mol. The van der Waals surface area contributed by atoms with Gasteiger partial charge in [0.25, 0.3) is 5.91 Å². The number of carbonyl (C=O) groups is 1. The molecule has 64 valence electrons. The first-order valence-corrected chi connectivity index (χ1v) is 3.95. The summed E-state index contributed by atoms with van der Waals surface area (Å²) in [7, 11) is 1.59. The van der Waals surface area contributed by atoms with E-state index in [2.05, 4.69) is 22.9 Å². The molecule has 0 atom stereocenters. The molecule has 0 saturated heterocycles. The van der Waals surface area contributed by atoms with Crippen molar-refractivity contribution in [3.63, 3.8) is 0 Å². The van der Waals surface area contributed by atoms with Crippen molar-refractivity contribution >= 4 is 24.4 Å². The van der Waals surface area contributed by atoms with Crippen molar-refractivity contribution in [3.05, 3.63) is 29.8 Å². The summed E-state index contributed by atoms with van der Waals surface area (Å²) in [5.74, 6) is -0.118. The van der Waals surface area contributed by atoms with Gasteiger partial charge in [0.2, 0.25) is 0 Å². The maximum atomic E-state index is 11.2. The molecule has 1 aromatic carbocycles. The van der Waals surface area contributed by atoms with E-state index < -0.39 is 0 Å². The molecule has 12 heavy (non-hydrogen) atoms. The zero-order valence-electron chi connectivity index (χ0n) is 6.66. The molecule has 1 aromatic rings. The molecule has 0 radical (unpaired) electrons. The number of anilines is 1. The van der Waals surface area contributed by atoms with Crippen LogP contribution in [0.25, 0.3) is 0 Å². The normalized spacial score (nSPS) is 9.17. The van der Waals surface area contributed by atoms with Crippen LogP contribution in [0.5, 0.6) is 0 Å². The fourth-order valence-corrected chi connectivity index (χ4v) is 1.11. The van der Waals surface area contributed by atoms with Crippen LogP contribution in [-0.4, -0.2) is 13.0 Å². The van der Waals surface area contributed by atoms with Crippen molar-refractivity contribution in [1.29, 1.82) is 0 Å². The van der Waals surface area contributed by atoms with Gasteiger partial charge in [0.1, 0.15) is 0 Å². The third-order valence-corrected chi connectivity index (χ3v) is 1.76. The molecule has 3 nitrogen and oxygen atoms in total. The number of nitrogens with one attached hydrogen (secondary N) is 2. The molecule has 0 fully saturated rings. The smallest absolute Gasteiger partial charge is 0.253 e. The van der Waals surface area contributed by atoms with Crippen molar-refractivity contribution < 1.29 is 4.79 Å². The quantitative estimate of drug-likeness (QED) is 0.603. The van der Waals surface area contributed by atoms with Gasteiger partial charge in [0.15, 0.2) is 0 Å². The van der Waals surface area contributed by atoms with E-state index >= 15 is 0 Å². The van der Waals surface area contributed by atoms with Crippen LogP contribution in [0, 0.1) is 0 Å². The maximum Gasteiger partial charge on any atom is 0.253 e. The molecular weight excluding hydrogens is 172 g/mol. The minimum atomic E-state index is -0.118. The van der Waals surface area contributed by atoms with Crippen molar-refractivity contribution in [2.24, 2.45) is 0 Å². The van der Waals surface area contributed by atoms with E-state index in [-0.39, 0.29) is 5.91 Å². The van der Waals surface area contributed by atoms with Crippen LogP contribution in [0.1, 0.15) is 10.4 Å². The minimum Gasteiger partial charge on any atom is -0.355 e. The summed E-state index contributed by atoms with van der Waals surface area (Å²) in [5, 5.41) is 2.54. The summed E-state index contributed by atoms with van der Waals surface area (Å²) in [4.78, 5) is 11.2. The molecule has 0 aliphatic carbocycles. The molecule has 0 bridgehead atoms. The number of carbonyl (C=O) groups excluding carboxylic acids is 1. The second kappa shape index (κ2) is 4.01. The highest BCUT2D eigenvalue weighted by Crippen LogP contribution is 2.14. The lowest BCUT2D eigenvalue weighted by molar-refractivity contribution is 0.0964. The van der Waals surface area contributed by atoms with Crippen LogP contribution in [-0.2, 0) is 0 Å². The minimum absolute atomic E-state index is 0.118. The molecule has 0 aromatic heterocycles. The Labute approximate surface area is 76.7 Å². The van der Waals surface area contributed by atoms with Gasteiger partial charge in [-0.25, -0.2) is 0 Å². The highest BCUT2D eigenvalue weighted by atomic mass is 32.1. The van der Waals surface area contributed by atoms with Crippen LogP contribution < -0.4 is 10.0 Å². The fourth-order valence-electron chi connectivity index (χ4n) is 0.913.